The van der Waals surface area contributed by atoms with E-state index in [1.165, 1.54) is 17.7 Å². The molecule has 1 spiro atoms. The Bertz CT molecular complexity index is 1200. The van der Waals surface area contributed by atoms with Crippen LogP contribution in [0.25, 0.3) is 0 Å². The molecule has 1 saturated heterocycles. The molecule has 1 saturated carbocycles. The maximum Gasteiger partial charge on any atom is 0.407 e. The molecule has 232 valence electrons. The number of halogens is 2. The quantitative estimate of drug-likeness (QED) is 0.358. The summed E-state index contributed by atoms with van der Waals surface area (Å²) < 4.78 is 45.4. The summed E-state index contributed by atoms with van der Waals surface area (Å²) >= 11 is 0. The van der Waals surface area contributed by atoms with E-state index in [-0.39, 0.29) is 18.4 Å². The van der Waals surface area contributed by atoms with Gasteiger partial charge in [0.1, 0.15) is 17.2 Å². The van der Waals surface area contributed by atoms with Gasteiger partial charge in [-0.3, -0.25) is 0 Å². The van der Waals surface area contributed by atoms with Crippen LogP contribution in [-0.4, -0.2) is 54.5 Å². The highest BCUT2D eigenvalue weighted by molar-refractivity contribution is 5.68. The van der Waals surface area contributed by atoms with E-state index in [9.17, 15) is 18.7 Å². The molecule has 2 aliphatic rings. The first-order valence-corrected chi connectivity index (χ1v) is 14.8. The number of amides is 1. The number of benzene rings is 2. The second kappa shape index (κ2) is 12.6. The highest BCUT2D eigenvalue weighted by atomic mass is 19.1. The lowest BCUT2D eigenvalue weighted by molar-refractivity contribution is -0.187. The Morgan fingerprint density at radius 1 is 0.976 bits per heavy atom. The van der Waals surface area contributed by atoms with Gasteiger partial charge in [-0.25, -0.2) is 13.6 Å². The molecule has 2 atom stereocenters. The maximum absolute atomic E-state index is 14.0. The van der Waals surface area contributed by atoms with Crippen molar-refractivity contribution < 1.29 is 32.9 Å². The van der Waals surface area contributed by atoms with Crippen LogP contribution in [-0.2, 0) is 31.6 Å². The molecular formula is C33H46F2N2O5. The number of carbonyl (C=O) groups excluding carboxylic acids is 1. The average Bonchev–Trinajstić information content (AvgIpc) is 3.34. The molecule has 3 N–H and O–H groups in total. The summed E-state index contributed by atoms with van der Waals surface area (Å²) in [5.74, 6) is -2.02. The highest BCUT2D eigenvalue weighted by Gasteiger charge is 2.47. The van der Waals surface area contributed by atoms with E-state index in [0.29, 0.717) is 44.5 Å². The summed E-state index contributed by atoms with van der Waals surface area (Å²) in [4.78, 5) is 12.7. The molecule has 0 aromatic heterocycles. The number of hydrogen-bond acceptors (Lipinski definition) is 6. The fraction of sp³-hybridized carbons (Fsp3) is 0.606. The number of alkyl carbamates (subject to hydrolysis) is 1. The molecule has 2 fully saturated rings. The van der Waals surface area contributed by atoms with Crippen LogP contribution in [0, 0.1) is 11.6 Å². The van der Waals surface area contributed by atoms with Crippen molar-refractivity contribution in [1.82, 2.24) is 10.6 Å². The molecule has 9 heteroatoms. The molecule has 2 unspecified atom stereocenters. The van der Waals surface area contributed by atoms with Crippen LogP contribution in [0.3, 0.4) is 0 Å². The van der Waals surface area contributed by atoms with Crippen LogP contribution in [0.1, 0.15) is 83.9 Å². The second-order valence-corrected chi connectivity index (χ2v) is 13.7. The largest absolute Gasteiger partial charge is 0.444 e. The van der Waals surface area contributed by atoms with Gasteiger partial charge in [0.25, 0.3) is 0 Å². The van der Waals surface area contributed by atoms with Gasteiger partial charge in [0, 0.05) is 31.0 Å². The molecule has 2 aromatic rings. The molecule has 1 amide bonds. The third-order valence-corrected chi connectivity index (χ3v) is 8.15. The van der Waals surface area contributed by atoms with E-state index >= 15 is 0 Å². The number of ether oxygens (including phenoxy) is 3. The van der Waals surface area contributed by atoms with Crippen molar-refractivity contribution >= 4 is 6.09 Å². The summed E-state index contributed by atoms with van der Waals surface area (Å²) in [6.45, 7) is 13.0. The number of aliphatic hydroxyl groups excluding tert-OH is 1. The number of hydrogen-bond donors (Lipinski definition) is 3. The molecule has 0 radical (unpaired) electrons. The minimum atomic E-state index is -1.10. The highest BCUT2D eigenvalue weighted by Crippen LogP contribution is 2.45. The van der Waals surface area contributed by atoms with Gasteiger partial charge in [-0.05, 0) is 74.3 Å². The van der Waals surface area contributed by atoms with Crippen LogP contribution in [0.15, 0.2) is 42.5 Å². The van der Waals surface area contributed by atoms with Crippen LogP contribution in [0.5, 0.6) is 0 Å². The normalized spacial score (nSPS) is 19.8. The molecule has 42 heavy (non-hydrogen) atoms. The van der Waals surface area contributed by atoms with Crippen molar-refractivity contribution in [2.24, 2.45) is 0 Å². The first-order chi connectivity index (χ1) is 19.6. The minimum absolute atomic E-state index is 0.00801. The summed E-state index contributed by atoms with van der Waals surface area (Å²) in [7, 11) is 0. The van der Waals surface area contributed by atoms with E-state index in [4.69, 9.17) is 14.2 Å². The molecular weight excluding hydrogens is 542 g/mol. The summed E-state index contributed by atoms with van der Waals surface area (Å²) in [6.07, 6.45) is 1.01. The van der Waals surface area contributed by atoms with Gasteiger partial charge in [0.05, 0.1) is 25.4 Å². The van der Waals surface area contributed by atoms with Crippen molar-refractivity contribution in [3.63, 3.8) is 0 Å². The van der Waals surface area contributed by atoms with Crippen molar-refractivity contribution in [3.05, 3.63) is 70.8 Å². The molecule has 4 rings (SSSR count). The minimum Gasteiger partial charge on any atom is -0.444 e. The summed E-state index contributed by atoms with van der Waals surface area (Å²) in [5.41, 5.74) is 1.34. The van der Waals surface area contributed by atoms with Gasteiger partial charge in [-0.1, -0.05) is 45.0 Å². The van der Waals surface area contributed by atoms with Crippen molar-refractivity contribution in [3.8, 4) is 0 Å². The second-order valence-electron chi connectivity index (χ2n) is 13.7. The Kier molecular flexibility index (Phi) is 9.67. The lowest BCUT2D eigenvalue weighted by Gasteiger charge is -2.45. The van der Waals surface area contributed by atoms with Gasteiger partial charge in [-0.15, -0.1) is 0 Å². The van der Waals surface area contributed by atoms with Crippen LogP contribution < -0.4 is 10.6 Å². The standard InChI is InChI=1S/C33H46F2N2O5/c1-30(2,3)23-8-7-9-24(19-23)32(10-12-33(13-11-32)40-14-15-41-33)36-21-28(38)27(37-29(39)42-31(4,5)6)18-22-16-25(34)20-26(35)17-22/h7-9,16-17,19-20,27-28,36,38H,10-15,18,21H2,1-6H3,(H,37,39). The molecule has 1 aliphatic heterocycles. The zero-order valence-corrected chi connectivity index (χ0v) is 25.7. The zero-order chi connectivity index (χ0) is 30.8. The van der Waals surface area contributed by atoms with Gasteiger partial charge in [0.15, 0.2) is 5.79 Å². The zero-order valence-electron chi connectivity index (χ0n) is 25.7. The smallest absolute Gasteiger partial charge is 0.407 e. The van der Waals surface area contributed by atoms with Crippen molar-refractivity contribution in [2.75, 3.05) is 19.8 Å². The Morgan fingerprint density at radius 2 is 1.60 bits per heavy atom. The van der Waals surface area contributed by atoms with E-state index in [1.54, 1.807) is 20.8 Å². The average molecular weight is 589 g/mol. The van der Waals surface area contributed by atoms with Crippen molar-refractivity contribution in [2.45, 2.75) is 108 Å². The van der Waals surface area contributed by atoms with Crippen LogP contribution in [0.2, 0.25) is 0 Å². The number of nitrogens with one attached hydrogen (secondary N) is 2. The first kappa shape index (κ1) is 32.3. The topological polar surface area (TPSA) is 89.1 Å². The third-order valence-electron chi connectivity index (χ3n) is 8.15. The van der Waals surface area contributed by atoms with E-state index in [2.05, 4.69) is 55.7 Å². The Hall–Kier alpha value is -2.59. The van der Waals surface area contributed by atoms with Gasteiger partial charge < -0.3 is 30.0 Å². The molecule has 1 aliphatic carbocycles. The number of carbonyl (C=O) groups is 1. The Morgan fingerprint density at radius 3 is 2.17 bits per heavy atom. The first-order valence-electron chi connectivity index (χ1n) is 14.8. The monoisotopic (exact) mass is 588 g/mol. The van der Waals surface area contributed by atoms with Crippen LogP contribution in [0.4, 0.5) is 13.6 Å². The van der Waals surface area contributed by atoms with Gasteiger partial charge in [-0.2, -0.15) is 0 Å². The molecule has 1 heterocycles. The Labute approximate surface area is 248 Å². The SMILES string of the molecule is CC(C)(C)OC(=O)NC(Cc1cc(F)cc(F)c1)C(O)CNC1(c2cccc(C(C)(C)C)c2)CCC2(CC1)OCCO2. The molecule has 0 bridgehead atoms. The van der Waals surface area contributed by atoms with Gasteiger partial charge in [0.2, 0.25) is 0 Å². The molecule has 2 aromatic carbocycles. The predicted molar refractivity (Wildman–Crippen MR) is 157 cm³/mol. The maximum atomic E-state index is 14.0. The number of rotatable bonds is 8. The third kappa shape index (κ3) is 8.28. The fourth-order valence-electron chi connectivity index (χ4n) is 5.86. The molecule has 7 nitrogen and oxygen atoms in total. The van der Waals surface area contributed by atoms with Gasteiger partial charge >= 0.3 is 6.09 Å². The lowest BCUT2D eigenvalue weighted by atomic mass is 9.72. The fourth-order valence-corrected chi connectivity index (χ4v) is 5.86. The van der Waals surface area contributed by atoms with E-state index in [1.807, 2.05) is 0 Å². The lowest BCUT2D eigenvalue weighted by Crippen LogP contribution is -2.55. The summed E-state index contributed by atoms with van der Waals surface area (Å²) in [6, 6.07) is 10.8. The van der Waals surface area contributed by atoms with E-state index < -0.39 is 46.8 Å². The van der Waals surface area contributed by atoms with E-state index in [0.717, 1.165) is 11.6 Å². The number of aliphatic hydroxyl groups is 1. The summed E-state index contributed by atoms with van der Waals surface area (Å²) in [5, 5.41) is 17.8. The predicted octanol–water partition coefficient (Wildman–Crippen LogP) is 5.86. The van der Waals surface area contributed by atoms with Crippen molar-refractivity contribution in [1.29, 1.82) is 0 Å². The Balaban J connectivity index is 1.58. The van der Waals surface area contributed by atoms with Crippen LogP contribution >= 0.6 is 0 Å².